The highest BCUT2D eigenvalue weighted by molar-refractivity contribution is 5.97. The van der Waals surface area contributed by atoms with Gasteiger partial charge in [0, 0.05) is 49.0 Å². The van der Waals surface area contributed by atoms with Gasteiger partial charge in [-0.2, -0.15) is 5.26 Å². The summed E-state index contributed by atoms with van der Waals surface area (Å²) in [4.78, 5) is 18.9. The first kappa shape index (κ1) is 31.5. The maximum Gasteiger partial charge on any atom is 0.258 e. The van der Waals surface area contributed by atoms with Gasteiger partial charge in [0.25, 0.3) is 5.91 Å². The molecule has 11 nitrogen and oxygen atoms in total. The monoisotopic (exact) mass is 633 g/mol. The maximum absolute atomic E-state index is 12.1. The molecule has 4 aromatic rings. The summed E-state index contributed by atoms with van der Waals surface area (Å²) in [5.41, 5.74) is 2.28. The molecule has 1 saturated heterocycles. The molecule has 2 N–H and O–H groups in total. The summed E-state index contributed by atoms with van der Waals surface area (Å²) < 4.78 is 29.3. The Morgan fingerprint density at radius 2 is 1.77 bits per heavy atom. The molecule has 0 unspecified atom stereocenters. The Hall–Kier alpha value is -5.49. The van der Waals surface area contributed by atoms with Crippen molar-refractivity contribution < 1.29 is 28.5 Å². The van der Waals surface area contributed by atoms with Crippen LogP contribution < -0.4 is 29.6 Å². The van der Waals surface area contributed by atoms with Crippen molar-refractivity contribution in [3.63, 3.8) is 0 Å². The van der Waals surface area contributed by atoms with Crippen LogP contribution in [0.15, 0.2) is 66.9 Å². The third kappa shape index (κ3) is 8.41. The molecule has 1 aliphatic carbocycles. The van der Waals surface area contributed by atoms with Crippen molar-refractivity contribution >= 4 is 28.2 Å². The highest BCUT2D eigenvalue weighted by Crippen LogP contribution is 2.38. The van der Waals surface area contributed by atoms with Crippen LogP contribution in [-0.4, -0.2) is 74.5 Å². The number of pyridine rings is 1. The molecular weight excluding hydrogens is 598 g/mol. The third-order valence-corrected chi connectivity index (χ3v) is 7.64. The Bertz CT molecular complexity index is 1790. The van der Waals surface area contributed by atoms with Crippen molar-refractivity contribution in [2.24, 2.45) is 0 Å². The Labute approximate surface area is 273 Å². The Kier molecular flexibility index (Phi) is 10.2. The topological polar surface area (TPSA) is 127 Å². The first-order valence-electron chi connectivity index (χ1n) is 15.5. The van der Waals surface area contributed by atoms with Crippen LogP contribution in [0.2, 0.25) is 0 Å². The highest BCUT2D eigenvalue weighted by Gasteiger charge is 2.23. The molecule has 47 heavy (non-hydrogen) atoms. The molecule has 2 aliphatic rings. The van der Waals surface area contributed by atoms with Crippen LogP contribution in [0.4, 0.5) is 11.4 Å². The van der Waals surface area contributed by atoms with E-state index in [1.54, 1.807) is 36.4 Å². The third-order valence-electron chi connectivity index (χ3n) is 7.64. The van der Waals surface area contributed by atoms with Gasteiger partial charge < -0.3 is 34.3 Å². The fourth-order valence-corrected chi connectivity index (χ4v) is 5.05. The number of nitriles is 1. The fraction of sp³-hybridized carbons (Fsp3) is 0.306. The normalized spacial score (nSPS) is 14.4. The number of morpholine rings is 1. The maximum atomic E-state index is 12.1. The van der Waals surface area contributed by atoms with Crippen molar-refractivity contribution in [1.29, 1.82) is 5.26 Å². The number of benzene rings is 3. The van der Waals surface area contributed by atoms with Gasteiger partial charge in [-0.05, 0) is 55.3 Å². The van der Waals surface area contributed by atoms with Crippen molar-refractivity contribution in [2.75, 3.05) is 58.0 Å². The van der Waals surface area contributed by atoms with Crippen LogP contribution in [0.5, 0.6) is 28.7 Å². The average Bonchev–Trinajstić information content (AvgIpc) is 3.92. The number of ether oxygens (including phenoxy) is 5. The molecule has 1 saturated carbocycles. The van der Waals surface area contributed by atoms with Crippen molar-refractivity contribution in [1.82, 2.24) is 15.2 Å². The minimum atomic E-state index is -0.152. The van der Waals surface area contributed by atoms with Crippen LogP contribution in [-0.2, 0) is 9.53 Å². The van der Waals surface area contributed by atoms with E-state index in [-0.39, 0.29) is 25.2 Å². The van der Waals surface area contributed by atoms with E-state index >= 15 is 0 Å². The lowest BCUT2D eigenvalue weighted by Crippen LogP contribution is -2.38. The van der Waals surface area contributed by atoms with Gasteiger partial charge in [-0.25, -0.2) is 0 Å². The largest absolute Gasteiger partial charge is 0.488 e. The smallest absolute Gasteiger partial charge is 0.258 e. The van der Waals surface area contributed by atoms with Gasteiger partial charge in [0.05, 0.1) is 30.0 Å². The number of carbonyl (C=O) groups excluding carboxylic acids is 1. The van der Waals surface area contributed by atoms with Gasteiger partial charge in [-0.3, -0.25) is 14.7 Å². The first-order chi connectivity index (χ1) is 23.1. The number of nitrogens with one attached hydrogen (secondary N) is 2. The molecule has 1 aliphatic heterocycles. The van der Waals surface area contributed by atoms with Crippen molar-refractivity contribution in [2.45, 2.75) is 18.9 Å². The summed E-state index contributed by atoms with van der Waals surface area (Å²) >= 11 is 0. The number of hydrogen-bond acceptors (Lipinski definition) is 10. The molecular formula is C36H35N5O6. The van der Waals surface area contributed by atoms with E-state index in [2.05, 4.69) is 32.5 Å². The number of nitrogens with zero attached hydrogens (tertiary/aromatic N) is 3. The number of amides is 1. The number of aromatic nitrogens is 1. The average molecular weight is 634 g/mol. The van der Waals surface area contributed by atoms with E-state index in [1.165, 1.54) is 6.20 Å². The zero-order chi connectivity index (χ0) is 32.4. The Balaban J connectivity index is 1.17. The van der Waals surface area contributed by atoms with Crippen LogP contribution >= 0.6 is 0 Å². The summed E-state index contributed by atoms with van der Waals surface area (Å²) in [6.07, 6.45) is 9.05. The lowest BCUT2D eigenvalue weighted by Gasteiger charge is -2.26. The predicted octanol–water partition coefficient (Wildman–Crippen LogP) is 5.02. The second-order valence-electron chi connectivity index (χ2n) is 11.1. The second-order valence-corrected chi connectivity index (χ2v) is 11.1. The molecule has 1 amide bonds. The molecule has 0 spiro atoms. The SMILES string of the molecule is C#CCOc1cc2c(Nc3ccc(Oc4ccccc4OCC(=O)NC4CC4)cc3)c(C#N)cnc2cc1OCCN1CCOCC1. The lowest BCUT2D eigenvalue weighted by molar-refractivity contribution is -0.123. The van der Waals surface area contributed by atoms with Crippen LogP contribution in [0.3, 0.4) is 0 Å². The number of fused-ring (bicyclic) bond motifs is 1. The molecule has 0 radical (unpaired) electrons. The van der Waals surface area contributed by atoms with Gasteiger partial charge >= 0.3 is 0 Å². The molecule has 2 fully saturated rings. The van der Waals surface area contributed by atoms with E-state index in [1.807, 2.05) is 24.3 Å². The lowest BCUT2D eigenvalue weighted by atomic mass is 10.1. The van der Waals surface area contributed by atoms with Crippen LogP contribution in [0.25, 0.3) is 10.9 Å². The number of rotatable bonds is 14. The van der Waals surface area contributed by atoms with E-state index in [4.69, 9.17) is 30.1 Å². The van der Waals surface area contributed by atoms with Crippen LogP contribution in [0.1, 0.15) is 18.4 Å². The molecule has 0 bridgehead atoms. The number of carbonyl (C=O) groups is 1. The van der Waals surface area contributed by atoms with Gasteiger partial charge in [0.15, 0.2) is 29.6 Å². The minimum Gasteiger partial charge on any atom is -0.488 e. The highest BCUT2D eigenvalue weighted by atomic mass is 16.5. The zero-order valence-electron chi connectivity index (χ0n) is 25.9. The summed E-state index contributed by atoms with van der Waals surface area (Å²) in [7, 11) is 0. The molecule has 2 heterocycles. The molecule has 240 valence electrons. The number of anilines is 2. The summed E-state index contributed by atoms with van der Waals surface area (Å²) in [5, 5.41) is 16.9. The predicted molar refractivity (Wildman–Crippen MR) is 176 cm³/mol. The van der Waals surface area contributed by atoms with Gasteiger partial charge in [0.1, 0.15) is 25.0 Å². The standard InChI is InChI=1S/C36H35N5O6/c1-2-16-44-33-20-29-30(21-34(33)45-19-15-41-13-17-43-18-14-41)38-23-25(22-37)36(29)40-27-9-11-28(12-10-27)47-32-6-4-3-5-31(32)46-24-35(42)39-26-7-8-26/h1,3-6,9-12,20-21,23,26H,7-8,13-19,24H2,(H,38,40)(H,39,42). The van der Waals surface area contributed by atoms with Crippen molar-refractivity contribution in [3.8, 4) is 47.2 Å². The molecule has 3 aromatic carbocycles. The van der Waals surface area contributed by atoms with E-state index in [9.17, 15) is 10.1 Å². The van der Waals surface area contributed by atoms with Gasteiger partial charge in [-0.1, -0.05) is 18.1 Å². The quantitative estimate of drug-likeness (QED) is 0.183. The fourth-order valence-electron chi connectivity index (χ4n) is 5.05. The van der Waals surface area contributed by atoms with Gasteiger partial charge in [-0.15, -0.1) is 6.42 Å². The molecule has 6 rings (SSSR count). The summed E-state index contributed by atoms with van der Waals surface area (Å²) in [6, 6.07) is 20.6. The van der Waals surface area contributed by atoms with Crippen molar-refractivity contribution in [3.05, 3.63) is 72.4 Å². The second kappa shape index (κ2) is 15.2. The van der Waals surface area contributed by atoms with Crippen LogP contribution in [0, 0.1) is 23.7 Å². The summed E-state index contributed by atoms with van der Waals surface area (Å²) in [6.45, 7) is 4.34. The Morgan fingerprint density at radius 3 is 2.51 bits per heavy atom. The van der Waals surface area contributed by atoms with E-state index < -0.39 is 0 Å². The first-order valence-corrected chi connectivity index (χ1v) is 15.5. The van der Waals surface area contributed by atoms with E-state index in [0.29, 0.717) is 70.7 Å². The summed E-state index contributed by atoms with van der Waals surface area (Å²) in [5.74, 6) is 4.86. The zero-order valence-corrected chi connectivity index (χ0v) is 25.9. The number of hydrogen-bond donors (Lipinski definition) is 2. The molecule has 0 atom stereocenters. The minimum absolute atomic E-state index is 0.0583. The molecule has 11 heteroatoms. The number of terminal acetylenes is 1. The molecule has 1 aromatic heterocycles. The Morgan fingerprint density at radius 1 is 1.00 bits per heavy atom. The van der Waals surface area contributed by atoms with E-state index in [0.717, 1.165) is 38.2 Å². The number of para-hydroxylation sites is 2. The van der Waals surface area contributed by atoms with Gasteiger partial charge in [0.2, 0.25) is 0 Å².